The number of pyridine rings is 2. The van der Waals surface area contributed by atoms with Crippen LogP contribution in [0.2, 0.25) is 0 Å². The molecular formula is C33H30F3N5O5S. The van der Waals surface area contributed by atoms with Gasteiger partial charge in [0.05, 0.1) is 18.5 Å². The zero-order chi connectivity index (χ0) is 33.9. The molecule has 1 N–H and O–H groups in total. The second kappa shape index (κ2) is 11.4. The van der Waals surface area contributed by atoms with Gasteiger partial charge in [0.15, 0.2) is 0 Å². The molecule has 1 aromatic carbocycles. The number of nitrogens with one attached hydrogen (secondary N) is 1. The predicted molar refractivity (Wildman–Crippen MR) is 172 cm³/mol. The minimum absolute atomic E-state index is 0.0555. The largest absolute Gasteiger partial charge is 0.504 e. The number of halogens is 3. The van der Waals surface area contributed by atoms with Crippen molar-refractivity contribution in [2.45, 2.75) is 37.9 Å². The maximum absolute atomic E-state index is 14.7. The van der Waals surface area contributed by atoms with Crippen molar-refractivity contribution in [1.82, 2.24) is 23.3 Å². The molecule has 0 spiro atoms. The predicted octanol–water partition coefficient (Wildman–Crippen LogP) is 5.55. The molecule has 0 amide bonds. The normalized spacial score (nSPS) is 17.2. The summed E-state index contributed by atoms with van der Waals surface area (Å²) in [5.74, 6) is 0. The number of alkyl halides is 3. The van der Waals surface area contributed by atoms with Crippen molar-refractivity contribution in [2.24, 2.45) is 7.05 Å². The number of methoxy groups -OCH3 is 1. The number of fused-ring (bicyclic) bond motifs is 1. The van der Waals surface area contributed by atoms with Gasteiger partial charge in [0.2, 0.25) is 10.0 Å². The van der Waals surface area contributed by atoms with Gasteiger partial charge in [-0.2, -0.15) is 9.78 Å². The number of aromatic nitrogens is 5. The Kier molecular flexibility index (Phi) is 7.75. The zero-order valence-corrected chi connectivity index (χ0v) is 26.6. The number of nitrogens with zero attached hydrogens (tertiary/aromatic N) is 4. The van der Waals surface area contributed by atoms with E-state index < -0.39 is 26.6 Å². The lowest BCUT2D eigenvalue weighted by atomic mass is 9.85. The summed E-state index contributed by atoms with van der Waals surface area (Å²) >= 11 is 0. The van der Waals surface area contributed by atoms with Gasteiger partial charge in [0.25, 0.3) is 11.1 Å². The van der Waals surface area contributed by atoms with Crippen molar-refractivity contribution in [3.05, 3.63) is 117 Å². The molecule has 0 saturated carbocycles. The van der Waals surface area contributed by atoms with Crippen LogP contribution in [0.3, 0.4) is 0 Å². The Morgan fingerprint density at radius 1 is 1.04 bits per heavy atom. The van der Waals surface area contributed by atoms with Crippen LogP contribution in [-0.4, -0.2) is 43.6 Å². The lowest BCUT2D eigenvalue weighted by Crippen LogP contribution is -2.42. The molecule has 0 bridgehead atoms. The first kappa shape index (κ1) is 32.0. The first-order chi connectivity index (χ1) is 22.2. The quantitative estimate of drug-likeness (QED) is 0.243. The van der Waals surface area contributed by atoms with E-state index in [0.29, 0.717) is 29.5 Å². The Morgan fingerprint density at radius 3 is 2.40 bits per heavy atom. The number of H-pyrrole nitrogens is 1. The third kappa shape index (κ3) is 5.36. The molecule has 244 valence electrons. The van der Waals surface area contributed by atoms with Crippen LogP contribution >= 0.6 is 0 Å². The van der Waals surface area contributed by atoms with E-state index >= 15 is 0 Å². The third-order valence-corrected chi connectivity index (χ3v) is 11.1. The SMILES string of the molecule is COCc1ccc(-c2cn(C)c(=O)cc2C2=CCC(C)(S(=O)(=O)n3c(-c4cnn(C(F)(F)F)c4)cc4cc[nH]c(=O)c43)C(C)=C2)cc1. The first-order valence-electron chi connectivity index (χ1n) is 14.4. The van der Waals surface area contributed by atoms with Crippen molar-refractivity contribution >= 4 is 26.5 Å². The molecule has 0 saturated heterocycles. The minimum Gasteiger partial charge on any atom is -0.380 e. The standard InChI is InChI=1S/C33H30F3N5O5S/c1-20-13-23(26-15-29(42)39(3)18-27(26)22-7-5-21(6-8-22)19-46-4)9-11-32(20,2)47(44,45)41-28(14-24-10-12-37-31(43)30(24)41)25-16-38-40(17-25)33(34,35)36/h5-10,12-18H,11,19H2,1-4H3,(H,37,43). The molecule has 1 aliphatic carbocycles. The van der Waals surface area contributed by atoms with E-state index in [1.807, 2.05) is 24.3 Å². The van der Waals surface area contributed by atoms with Crippen LogP contribution in [0.15, 0.2) is 94.6 Å². The highest BCUT2D eigenvalue weighted by Gasteiger charge is 2.45. The highest BCUT2D eigenvalue weighted by Crippen LogP contribution is 2.43. The van der Waals surface area contributed by atoms with Crippen molar-refractivity contribution in [1.29, 1.82) is 0 Å². The maximum atomic E-state index is 14.7. The maximum Gasteiger partial charge on any atom is 0.504 e. The molecule has 4 aromatic heterocycles. The smallest absolute Gasteiger partial charge is 0.380 e. The summed E-state index contributed by atoms with van der Waals surface area (Å²) in [5.41, 5.74) is 2.73. The fourth-order valence-electron chi connectivity index (χ4n) is 5.84. The number of rotatable bonds is 7. The Balaban J connectivity index is 1.47. The number of hydrogen-bond donors (Lipinski definition) is 1. The van der Waals surface area contributed by atoms with E-state index in [-0.39, 0.29) is 38.8 Å². The number of allylic oxidation sites excluding steroid dienone is 3. The average Bonchev–Trinajstić information content (AvgIpc) is 3.67. The molecule has 0 radical (unpaired) electrons. The van der Waals surface area contributed by atoms with Gasteiger partial charge < -0.3 is 14.3 Å². The van der Waals surface area contributed by atoms with Gasteiger partial charge in [-0.3, -0.25) is 9.59 Å². The van der Waals surface area contributed by atoms with Gasteiger partial charge in [-0.25, -0.2) is 12.4 Å². The van der Waals surface area contributed by atoms with Gasteiger partial charge >= 0.3 is 6.30 Å². The molecule has 1 atom stereocenters. The number of ether oxygens (including phenoxy) is 1. The number of hydrogen-bond acceptors (Lipinski definition) is 6. The van der Waals surface area contributed by atoms with E-state index in [0.717, 1.165) is 26.9 Å². The topological polar surface area (TPSA) is 121 Å². The van der Waals surface area contributed by atoms with E-state index in [4.69, 9.17) is 4.74 Å². The Hall–Kier alpha value is -4.95. The first-order valence-corrected chi connectivity index (χ1v) is 15.9. The molecule has 10 nitrogen and oxygen atoms in total. The fraction of sp³-hybridized carbons (Fsp3) is 0.242. The monoisotopic (exact) mass is 665 g/mol. The minimum atomic E-state index is -4.83. The summed E-state index contributed by atoms with van der Waals surface area (Å²) in [7, 11) is -1.27. The molecule has 6 rings (SSSR count). The van der Waals surface area contributed by atoms with Crippen LogP contribution in [0.4, 0.5) is 13.2 Å². The number of aryl methyl sites for hydroxylation is 1. The van der Waals surface area contributed by atoms with Crippen LogP contribution in [-0.2, 0) is 34.7 Å². The van der Waals surface area contributed by atoms with Gasteiger partial charge in [-0.05, 0) is 60.2 Å². The van der Waals surface area contributed by atoms with E-state index in [1.165, 1.54) is 35.9 Å². The van der Waals surface area contributed by atoms with Crippen LogP contribution < -0.4 is 11.1 Å². The second-order valence-electron chi connectivity index (χ2n) is 11.7. The van der Waals surface area contributed by atoms with Crippen molar-refractivity contribution in [2.75, 3.05) is 7.11 Å². The summed E-state index contributed by atoms with van der Waals surface area (Å²) in [5, 5.41) is 3.60. The third-order valence-electron chi connectivity index (χ3n) is 8.66. The Morgan fingerprint density at radius 2 is 1.77 bits per heavy atom. The van der Waals surface area contributed by atoms with Gasteiger partial charge in [0, 0.05) is 55.3 Å². The van der Waals surface area contributed by atoms with Crippen molar-refractivity contribution in [3.63, 3.8) is 0 Å². The molecule has 47 heavy (non-hydrogen) atoms. The van der Waals surface area contributed by atoms with Gasteiger partial charge in [0.1, 0.15) is 10.3 Å². The molecule has 0 aliphatic heterocycles. The van der Waals surface area contributed by atoms with E-state index in [9.17, 15) is 31.2 Å². The molecule has 4 heterocycles. The summed E-state index contributed by atoms with van der Waals surface area (Å²) < 4.78 is 75.3. The highest BCUT2D eigenvalue weighted by atomic mass is 32.2. The lowest BCUT2D eigenvalue weighted by Gasteiger charge is -2.34. The highest BCUT2D eigenvalue weighted by molar-refractivity contribution is 7.91. The van der Waals surface area contributed by atoms with Gasteiger partial charge in [-0.15, -0.1) is 13.2 Å². The Labute approximate surface area is 267 Å². The summed E-state index contributed by atoms with van der Waals surface area (Å²) in [6, 6.07) is 12.0. The summed E-state index contributed by atoms with van der Waals surface area (Å²) in [6.07, 6.45) is 3.17. The number of benzene rings is 1. The molecule has 14 heteroatoms. The van der Waals surface area contributed by atoms with Gasteiger partial charge in [-0.1, -0.05) is 36.4 Å². The lowest BCUT2D eigenvalue weighted by molar-refractivity contribution is -0.212. The second-order valence-corrected chi connectivity index (χ2v) is 13.9. The summed E-state index contributed by atoms with van der Waals surface area (Å²) in [6.45, 7) is 3.59. The zero-order valence-electron chi connectivity index (χ0n) is 25.8. The summed E-state index contributed by atoms with van der Waals surface area (Å²) in [4.78, 5) is 28.3. The van der Waals surface area contributed by atoms with E-state index in [1.54, 1.807) is 39.4 Å². The molecule has 1 unspecified atom stereocenters. The Bertz CT molecular complexity index is 2330. The van der Waals surface area contributed by atoms with Crippen LogP contribution in [0.5, 0.6) is 0 Å². The van der Waals surface area contributed by atoms with Crippen LogP contribution in [0.25, 0.3) is 38.9 Å². The van der Waals surface area contributed by atoms with Crippen molar-refractivity contribution in [3.8, 4) is 22.4 Å². The average molecular weight is 666 g/mol. The van der Waals surface area contributed by atoms with Crippen LogP contribution in [0.1, 0.15) is 31.4 Å². The molecule has 5 aromatic rings. The molecular weight excluding hydrogens is 635 g/mol. The van der Waals surface area contributed by atoms with E-state index in [2.05, 4.69) is 10.1 Å². The molecule has 0 fully saturated rings. The van der Waals surface area contributed by atoms with Crippen LogP contribution in [0, 0.1) is 0 Å². The fourth-order valence-corrected chi connectivity index (χ4v) is 7.84. The molecule has 1 aliphatic rings. The van der Waals surface area contributed by atoms with Crippen molar-refractivity contribution < 1.29 is 26.3 Å². The number of aromatic amines is 1.